The second-order valence-electron chi connectivity index (χ2n) is 2.90. The van der Waals surface area contributed by atoms with E-state index in [1.807, 2.05) is 18.4 Å². The summed E-state index contributed by atoms with van der Waals surface area (Å²) in [6.45, 7) is -0.168. The lowest BCUT2D eigenvalue weighted by Crippen LogP contribution is -2.44. The highest BCUT2D eigenvalue weighted by molar-refractivity contribution is 7.98. The molecule has 0 aliphatic rings. The summed E-state index contributed by atoms with van der Waals surface area (Å²) in [5.74, 6) is 0.465. The van der Waals surface area contributed by atoms with Crippen LogP contribution in [0.4, 0.5) is 0 Å². The predicted octanol–water partition coefficient (Wildman–Crippen LogP) is -0.0574. The molecule has 15 heavy (non-hydrogen) atoms. The summed E-state index contributed by atoms with van der Waals surface area (Å²) >= 11 is 1.61. The van der Waals surface area contributed by atoms with E-state index in [0.717, 1.165) is 5.75 Å². The van der Waals surface area contributed by atoms with Gasteiger partial charge in [-0.15, -0.1) is 0 Å². The lowest BCUT2D eigenvalue weighted by atomic mass is 10.2. The Morgan fingerprint density at radius 1 is 1.47 bits per heavy atom. The van der Waals surface area contributed by atoms with Crippen molar-refractivity contribution in [2.24, 2.45) is 5.73 Å². The Labute approximate surface area is 93.8 Å². The highest BCUT2D eigenvalue weighted by atomic mass is 32.2. The first-order valence-corrected chi connectivity index (χ1v) is 5.84. The van der Waals surface area contributed by atoms with Crippen LogP contribution in [0.25, 0.3) is 0 Å². The van der Waals surface area contributed by atoms with Gasteiger partial charge in [0, 0.05) is 0 Å². The Balaban J connectivity index is 4.24. The fourth-order valence-electron chi connectivity index (χ4n) is 0.985. The molecule has 0 bridgehead atoms. The normalized spacial score (nSPS) is 11.2. The average molecular weight is 226 g/mol. The SMILES string of the molecule is CSCC[C@H](N)C(=O)N(CC#N)CC#N. The number of amides is 1. The lowest BCUT2D eigenvalue weighted by Gasteiger charge is -2.20. The summed E-state index contributed by atoms with van der Waals surface area (Å²) in [4.78, 5) is 12.8. The van der Waals surface area contributed by atoms with Crippen LogP contribution in [0.5, 0.6) is 0 Å². The van der Waals surface area contributed by atoms with Gasteiger partial charge in [-0.05, 0) is 18.4 Å². The number of nitrogens with two attached hydrogens (primary N) is 1. The maximum Gasteiger partial charge on any atom is 0.241 e. The van der Waals surface area contributed by atoms with Crippen molar-refractivity contribution in [1.29, 1.82) is 10.5 Å². The van der Waals surface area contributed by atoms with Gasteiger partial charge in [0.2, 0.25) is 5.91 Å². The smallest absolute Gasteiger partial charge is 0.241 e. The Hall–Kier alpha value is -1.24. The minimum atomic E-state index is -0.612. The quantitative estimate of drug-likeness (QED) is 0.640. The van der Waals surface area contributed by atoms with Crippen molar-refractivity contribution < 1.29 is 4.79 Å². The van der Waals surface area contributed by atoms with Gasteiger partial charge >= 0.3 is 0 Å². The van der Waals surface area contributed by atoms with Crippen LogP contribution < -0.4 is 5.73 Å². The molecule has 1 amide bonds. The van der Waals surface area contributed by atoms with E-state index >= 15 is 0 Å². The molecular weight excluding hydrogens is 212 g/mol. The molecule has 1 atom stereocenters. The molecule has 0 aromatic rings. The minimum absolute atomic E-state index is 0.0840. The third kappa shape index (κ3) is 5.26. The van der Waals surface area contributed by atoms with E-state index in [2.05, 4.69) is 0 Å². The van der Waals surface area contributed by atoms with Crippen LogP contribution in [0.15, 0.2) is 0 Å². The monoisotopic (exact) mass is 226 g/mol. The Kier molecular flexibility index (Phi) is 7.43. The van der Waals surface area contributed by atoms with Crippen LogP contribution in [0, 0.1) is 22.7 Å². The second-order valence-corrected chi connectivity index (χ2v) is 3.88. The van der Waals surface area contributed by atoms with Gasteiger partial charge in [0.25, 0.3) is 0 Å². The first-order valence-electron chi connectivity index (χ1n) is 4.44. The summed E-state index contributed by atoms with van der Waals surface area (Å²) in [7, 11) is 0. The van der Waals surface area contributed by atoms with Crippen molar-refractivity contribution in [2.45, 2.75) is 12.5 Å². The predicted molar refractivity (Wildman–Crippen MR) is 58.8 cm³/mol. The van der Waals surface area contributed by atoms with Crippen LogP contribution in [0.3, 0.4) is 0 Å². The third-order valence-electron chi connectivity index (χ3n) is 1.78. The largest absolute Gasteiger partial charge is 0.320 e. The lowest BCUT2D eigenvalue weighted by molar-refractivity contribution is -0.131. The maximum atomic E-state index is 11.6. The fourth-order valence-corrected chi connectivity index (χ4v) is 1.47. The van der Waals surface area contributed by atoms with E-state index in [4.69, 9.17) is 16.3 Å². The summed E-state index contributed by atoms with van der Waals surface area (Å²) < 4.78 is 0. The number of nitrogens with zero attached hydrogens (tertiary/aromatic N) is 3. The molecule has 0 aliphatic heterocycles. The van der Waals surface area contributed by atoms with Crippen molar-refractivity contribution in [3.63, 3.8) is 0 Å². The number of rotatable bonds is 6. The maximum absolute atomic E-state index is 11.6. The standard InChI is InChI=1S/C9H14N4OS/c1-15-7-2-8(12)9(14)13(5-3-10)6-4-11/h8H,2,5-7,12H2,1H3/t8-/m0/s1. The molecule has 0 rings (SSSR count). The van der Waals surface area contributed by atoms with E-state index in [9.17, 15) is 4.79 Å². The first kappa shape index (κ1) is 13.8. The molecule has 0 fully saturated rings. The van der Waals surface area contributed by atoms with Crippen LogP contribution in [-0.4, -0.2) is 41.9 Å². The van der Waals surface area contributed by atoms with Crippen molar-refractivity contribution in [3.8, 4) is 12.1 Å². The topological polar surface area (TPSA) is 93.9 Å². The molecule has 0 spiro atoms. The molecule has 5 nitrogen and oxygen atoms in total. The van der Waals surface area contributed by atoms with Crippen molar-refractivity contribution >= 4 is 17.7 Å². The summed E-state index contributed by atoms with van der Waals surface area (Å²) in [6, 6.07) is 3.06. The van der Waals surface area contributed by atoms with Crippen LogP contribution >= 0.6 is 11.8 Å². The fraction of sp³-hybridized carbons (Fsp3) is 0.667. The van der Waals surface area contributed by atoms with Crippen LogP contribution in [0.2, 0.25) is 0 Å². The van der Waals surface area contributed by atoms with Gasteiger partial charge in [-0.2, -0.15) is 22.3 Å². The Morgan fingerprint density at radius 3 is 2.40 bits per heavy atom. The zero-order valence-electron chi connectivity index (χ0n) is 8.64. The van der Waals surface area contributed by atoms with Gasteiger partial charge in [0.1, 0.15) is 13.1 Å². The van der Waals surface area contributed by atoms with Crippen molar-refractivity contribution in [2.75, 3.05) is 25.1 Å². The van der Waals surface area contributed by atoms with Gasteiger partial charge in [-0.1, -0.05) is 0 Å². The molecule has 0 unspecified atom stereocenters. The number of nitriles is 2. The number of thioether (sulfide) groups is 1. The number of hydrogen-bond acceptors (Lipinski definition) is 5. The van der Waals surface area contributed by atoms with Gasteiger partial charge in [-0.3, -0.25) is 4.79 Å². The van der Waals surface area contributed by atoms with E-state index in [0.29, 0.717) is 6.42 Å². The van der Waals surface area contributed by atoms with E-state index in [1.54, 1.807) is 11.8 Å². The van der Waals surface area contributed by atoms with Gasteiger partial charge < -0.3 is 10.6 Å². The second kappa shape index (κ2) is 8.10. The molecule has 2 N–H and O–H groups in total. The molecule has 0 aromatic carbocycles. The van der Waals surface area contributed by atoms with Gasteiger partial charge in [0.15, 0.2) is 0 Å². The van der Waals surface area contributed by atoms with Crippen LogP contribution in [-0.2, 0) is 4.79 Å². The molecular formula is C9H14N4OS. The average Bonchev–Trinajstić information content (AvgIpc) is 2.24. The summed E-state index contributed by atoms with van der Waals surface area (Å²) in [5, 5.41) is 16.9. The number of carbonyl (C=O) groups is 1. The first-order chi connectivity index (χ1) is 7.17. The Bertz CT molecular complexity index is 265. The van der Waals surface area contributed by atoms with E-state index in [1.165, 1.54) is 4.90 Å². The minimum Gasteiger partial charge on any atom is -0.320 e. The highest BCUT2D eigenvalue weighted by Crippen LogP contribution is 2.02. The van der Waals surface area contributed by atoms with Gasteiger partial charge in [0.05, 0.1) is 18.2 Å². The van der Waals surface area contributed by atoms with Crippen molar-refractivity contribution in [1.82, 2.24) is 4.90 Å². The number of hydrogen-bond donors (Lipinski definition) is 1. The Morgan fingerprint density at radius 2 is 2.00 bits per heavy atom. The molecule has 82 valence electrons. The zero-order valence-corrected chi connectivity index (χ0v) is 9.46. The van der Waals surface area contributed by atoms with Gasteiger partial charge in [-0.25, -0.2) is 0 Å². The third-order valence-corrected chi connectivity index (χ3v) is 2.43. The van der Waals surface area contributed by atoms with E-state index in [-0.39, 0.29) is 19.0 Å². The zero-order chi connectivity index (χ0) is 11.7. The van der Waals surface area contributed by atoms with Crippen LogP contribution in [0.1, 0.15) is 6.42 Å². The molecule has 0 radical (unpaired) electrons. The molecule has 0 aliphatic carbocycles. The molecule has 0 aromatic heterocycles. The van der Waals surface area contributed by atoms with E-state index < -0.39 is 6.04 Å². The molecule has 0 saturated heterocycles. The number of carbonyl (C=O) groups excluding carboxylic acids is 1. The summed E-state index contributed by atoms with van der Waals surface area (Å²) in [6.07, 6.45) is 2.49. The molecule has 6 heteroatoms. The molecule has 0 saturated carbocycles. The van der Waals surface area contributed by atoms with Crippen molar-refractivity contribution in [3.05, 3.63) is 0 Å². The molecule has 0 heterocycles. The highest BCUT2D eigenvalue weighted by Gasteiger charge is 2.19. The summed E-state index contributed by atoms with van der Waals surface area (Å²) in [5.41, 5.74) is 5.64.